The first-order valence-corrected chi connectivity index (χ1v) is 6.12. The van der Waals surface area contributed by atoms with E-state index in [1.165, 1.54) is 0 Å². The minimum absolute atomic E-state index is 0.0678. The van der Waals surface area contributed by atoms with Gasteiger partial charge >= 0.3 is 0 Å². The second-order valence-electron chi connectivity index (χ2n) is 4.45. The molecule has 104 valence electrons. The molecule has 0 aliphatic heterocycles. The van der Waals surface area contributed by atoms with Crippen LogP contribution < -0.4 is 16.4 Å². The topological polar surface area (TPSA) is 96.6 Å². The van der Waals surface area contributed by atoms with Gasteiger partial charge < -0.3 is 26.4 Å². The monoisotopic (exact) mass is 256 g/mol. The molecule has 1 rings (SSSR count). The lowest BCUT2D eigenvalue weighted by Gasteiger charge is -2.25. The number of hydrogen-bond donors (Lipinski definition) is 3. The predicted molar refractivity (Wildman–Crippen MR) is 73.5 cm³/mol. The maximum Gasteiger partial charge on any atom is 0.150 e. The smallest absolute Gasteiger partial charge is 0.150 e. The van der Waals surface area contributed by atoms with Gasteiger partial charge in [-0.15, -0.1) is 0 Å². The Hall–Kier alpha value is -1.31. The Morgan fingerprint density at radius 2 is 2.06 bits per heavy atom. The zero-order chi connectivity index (χ0) is 13.5. The van der Waals surface area contributed by atoms with Gasteiger partial charge in [-0.3, -0.25) is 0 Å². The minimum Gasteiger partial charge on any atom is -0.395 e. The Morgan fingerprint density at radius 3 is 2.61 bits per heavy atom. The van der Waals surface area contributed by atoms with Crippen LogP contribution in [0.1, 0.15) is 0 Å². The van der Waals surface area contributed by atoms with E-state index in [2.05, 4.69) is 10.00 Å². The molecule has 0 amide bonds. The molecule has 1 aromatic rings. The van der Waals surface area contributed by atoms with Crippen molar-refractivity contribution in [3.05, 3.63) is 6.20 Å². The van der Waals surface area contributed by atoms with Gasteiger partial charge in [-0.2, -0.15) is 5.10 Å². The lowest BCUT2D eigenvalue weighted by Crippen LogP contribution is -2.35. The number of nitrogen functional groups attached to an aromatic ring is 1. The van der Waals surface area contributed by atoms with Gasteiger partial charge in [0.05, 0.1) is 25.0 Å². The van der Waals surface area contributed by atoms with Crippen molar-refractivity contribution >= 4 is 11.5 Å². The van der Waals surface area contributed by atoms with Crippen LogP contribution in [0.4, 0.5) is 11.5 Å². The number of nitrogens with zero attached hydrogens (tertiary/aromatic N) is 4. The van der Waals surface area contributed by atoms with Crippen molar-refractivity contribution in [2.45, 2.75) is 6.54 Å². The molecule has 0 radical (unpaired) electrons. The van der Waals surface area contributed by atoms with Gasteiger partial charge in [-0.05, 0) is 14.1 Å². The highest BCUT2D eigenvalue weighted by molar-refractivity contribution is 5.62. The first-order chi connectivity index (χ1) is 8.60. The van der Waals surface area contributed by atoms with E-state index in [0.717, 1.165) is 18.9 Å². The van der Waals surface area contributed by atoms with E-state index in [1.54, 1.807) is 6.20 Å². The lowest BCUT2D eigenvalue weighted by atomic mass is 10.4. The van der Waals surface area contributed by atoms with Gasteiger partial charge in [-0.25, -0.2) is 4.68 Å². The first-order valence-electron chi connectivity index (χ1n) is 6.12. The molecule has 7 nitrogen and oxygen atoms in total. The number of aliphatic hydroxyl groups is 1. The number of aromatic nitrogens is 2. The van der Waals surface area contributed by atoms with Crippen LogP contribution in [0, 0.1) is 0 Å². The number of hydrogen-bond acceptors (Lipinski definition) is 6. The normalized spacial score (nSPS) is 11.2. The summed E-state index contributed by atoms with van der Waals surface area (Å²) >= 11 is 0. The molecule has 0 spiro atoms. The fourth-order valence-electron chi connectivity index (χ4n) is 1.80. The predicted octanol–water partition coefficient (Wildman–Crippen LogP) is -1.22. The molecule has 0 aliphatic rings. The van der Waals surface area contributed by atoms with E-state index in [1.807, 2.05) is 23.7 Å². The van der Waals surface area contributed by atoms with E-state index < -0.39 is 0 Å². The van der Waals surface area contributed by atoms with Crippen molar-refractivity contribution in [2.75, 3.05) is 57.5 Å². The first kappa shape index (κ1) is 14.7. The molecular weight excluding hydrogens is 232 g/mol. The third-order valence-electron chi connectivity index (χ3n) is 2.67. The maximum absolute atomic E-state index is 9.10. The standard InChI is InChI=1S/C11H24N6O/c1-15(2)5-6-17-11(10(13)9-14-17)16(4-3-12)7-8-18/h9,18H,3-8,12-13H2,1-2H3. The molecule has 0 aromatic carbocycles. The Labute approximate surface area is 108 Å². The van der Waals surface area contributed by atoms with Crippen LogP contribution >= 0.6 is 0 Å². The van der Waals surface area contributed by atoms with Crippen molar-refractivity contribution in [1.82, 2.24) is 14.7 Å². The Morgan fingerprint density at radius 1 is 1.33 bits per heavy atom. The van der Waals surface area contributed by atoms with E-state index in [0.29, 0.717) is 25.3 Å². The molecule has 0 bridgehead atoms. The van der Waals surface area contributed by atoms with Gasteiger partial charge in [0.25, 0.3) is 0 Å². The summed E-state index contributed by atoms with van der Waals surface area (Å²) < 4.78 is 1.86. The highest BCUT2D eigenvalue weighted by Crippen LogP contribution is 2.22. The Bertz CT molecular complexity index is 345. The molecule has 0 saturated heterocycles. The summed E-state index contributed by atoms with van der Waals surface area (Å²) in [5, 5.41) is 13.4. The van der Waals surface area contributed by atoms with Crippen LogP contribution in [0.5, 0.6) is 0 Å². The summed E-state index contributed by atoms with van der Waals surface area (Å²) in [6.45, 7) is 3.37. The number of nitrogens with two attached hydrogens (primary N) is 2. The summed E-state index contributed by atoms with van der Waals surface area (Å²) in [5.74, 6) is 0.844. The van der Waals surface area contributed by atoms with Crippen LogP contribution in [-0.4, -0.2) is 66.7 Å². The maximum atomic E-state index is 9.10. The average molecular weight is 256 g/mol. The highest BCUT2D eigenvalue weighted by Gasteiger charge is 2.15. The molecule has 7 heteroatoms. The van der Waals surface area contributed by atoms with Gasteiger partial charge in [-0.1, -0.05) is 0 Å². The molecule has 0 atom stereocenters. The quantitative estimate of drug-likeness (QED) is 0.540. The van der Waals surface area contributed by atoms with E-state index in [-0.39, 0.29) is 6.61 Å². The molecule has 0 fully saturated rings. The second kappa shape index (κ2) is 7.20. The van der Waals surface area contributed by atoms with Gasteiger partial charge in [0.2, 0.25) is 0 Å². The van der Waals surface area contributed by atoms with Crippen molar-refractivity contribution < 1.29 is 5.11 Å². The lowest BCUT2D eigenvalue weighted by molar-refractivity contribution is 0.300. The third-order valence-corrected chi connectivity index (χ3v) is 2.67. The molecule has 1 aromatic heterocycles. The van der Waals surface area contributed by atoms with E-state index >= 15 is 0 Å². The highest BCUT2D eigenvalue weighted by atomic mass is 16.3. The molecule has 0 aliphatic carbocycles. The number of likely N-dealkylation sites (N-methyl/N-ethyl adjacent to an activating group) is 1. The van der Waals surface area contributed by atoms with Crippen molar-refractivity contribution in [3.63, 3.8) is 0 Å². The SMILES string of the molecule is CN(C)CCn1ncc(N)c1N(CCN)CCO. The molecule has 5 N–H and O–H groups in total. The van der Waals surface area contributed by atoms with Crippen LogP contribution in [0.25, 0.3) is 0 Å². The summed E-state index contributed by atoms with van der Waals surface area (Å²) in [5.41, 5.74) is 12.2. The number of rotatable bonds is 8. The fourth-order valence-corrected chi connectivity index (χ4v) is 1.80. The minimum atomic E-state index is 0.0678. The summed E-state index contributed by atoms with van der Waals surface area (Å²) in [6.07, 6.45) is 1.64. The van der Waals surface area contributed by atoms with Gasteiger partial charge in [0.15, 0.2) is 5.82 Å². The number of anilines is 2. The fraction of sp³-hybridized carbons (Fsp3) is 0.727. The Balaban J connectivity index is 2.85. The Kier molecular flexibility index (Phi) is 5.90. The molecule has 18 heavy (non-hydrogen) atoms. The largest absolute Gasteiger partial charge is 0.395 e. The van der Waals surface area contributed by atoms with Crippen LogP contribution in [-0.2, 0) is 6.54 Å². The number of aliphatic hydroxyl groups excluding tert-OH is 1. The van der Waals surface area contributed by atoms with Gasteiger partial charge in [0, 0.05) is 26.2 Å². The molecule has 0 saturated carbocycles. The van der Waals surface area contributed by atoms with Crippen LogP contribution in [0.15, 0.2) is 6.20 Å². The van der Waals surface area contributed by atoms with Crippen molar-refractivity contribution in [1.29, 1.82) is 0 Å². The molecule has 1 heterocycles. The zero-order valence-corrected chi connectivity index (χ0v) is 11.2. The zero-order valence-electron chi connectivity index (χ0n) is 11.2. The average Bonchev–Trinajstić information content (AvgIpc) is 2.67. The van der Waals surface area contributed by atoms with E-state index in [9.17, 15) is 0 Å². The van der Waals surface area contributed by atoms with Crippen molar-refractivity contribution in [3.8, 4) is 0 Å². The summed E-state index contributed by atoms with van der Waals surface area (Å²) in [6, 6.07) is 0. The third kappa shape index (κ3) is 3.86. The van der Waals surface area contributed by atoms with E-state index in [4.69, 9.17) is 16.6 Å². The van der Waals surface area contributed by atoms with Crippen molar-refractivity contribution in [2.24, 2.45) is 5.73 Å². The summed E-state index contributed by atoms with van der Waals surface area (Å²) in [7, 11) is 4.02. The van der Waals surface area contributed by atoms with Crippen LogP contribution in [0.3, 0.4) is 0 Å². The summed E-state index contributed by atoms with van der Waals surface area (Å²) in [4.78, 5) is 4.05. The molecule has 0 unspecified atom stereocenters. The molecular formula is C11H24N6O. The van der Waals surface area contributed by atoms with Crippen LogP contribution in [0.2, 0.25) is 0 Å². The second-order valence-corrected chi connectivity index (χ2v) is 4.45. The van der Waals surface area contributed by atoms with Gasteiger partial charge in [0.1, 0.15) is 0 Å².